The van der Waals surface area contributed by atoms with Crippen molar-refractivity contribution in [1.82, 2.24) is 4.98 Å². The average Bonchev–Trinajstić information content (AvgIpc) is 2.17. The molecule has 0 aliphatic heterocycles. The molecule has 2 N–H and O–H groups in total. The Kier molecular flexibility index (Phi) is 1.60. The van der Waals surface area contributed by atoms with E-state index in [0.717, 1.165) is 10.9 Å². The third kappa shape index (κ3) is 1.30. The number of anilines is 1. The van der Waals surface area contributed by atoms with Crippen molar-refractivity contribution in [3.8, 4) is 6.07 Å². The summed E-state index contributed by atoms with van der Waals surface area (Å²) in [6.45, 7) is 0. The maximum Gasteiger partial charge on any atom is 0.124 e. The van der Waals surface area contributed by atoms with Crippen molar-refractivity contribution in [2.24, 2.45) is 0 Å². The van der Waals surface area contributed by atoms with Crippen LogP contribution in [-0.4, -0.2) is 4.98 Å². The van der Waals surface area contributed by atoms with Gasteiger partial charge in [-0.25, -0.2) is 4.98 Å². The molecule has 0 atom stereocenters. The van der Waals surface area contributed by atoms with Crippen molar-refractivity contribution < 1.29 is 0 Å². The van der Waals surface area contributed by atoms with Gasteiger partial charge in [0.2, 0.25) is 0 Å². The molecule has 2 rings (SSSR count). The van der Waals surface area contributed by atoms with Gasteiger partial charge >= 0.3 is 0 Å². The summed E-state index contributed by atoms with van der Waals surface area (Å²) in [6.07, 6.45) is 0. The van der Waals surface area contributed by atoms with E-state index in [4.69, 9.17) is 11.0 Å². The molecule has 2 aromatic rings. The molecule has 0 aliphatic carbocycles. The molecule has 0 aliphatic rings. The van der Waals surface area contributed by atoms with E-state index in [1.165, 1.54) is 0 Å². The molecule has 1 aromatic heterocycles. The molecular weight excluding hydrogens is 162 g/mol. The fourth-order valence-corrected chi connectivity index (χ4v) is 1.21. The molecule has 3 heteroatoms. The second kappa shape index (κ2) is 2.76. The topological polar surface area (TPSA) is 62.7 Å². The van der Waals surface area contributed by atoms with Gasteiger partial charge in [0.1, 0.15) is 5.82 Å². The largest absolute Gasteiger partial charge is 0.384 e. The van der Waals surface area contributed by atoms with Crippen molar-refractivity contribution in [3.63, 3.8) is 0 Å². The summed E-state index contributed by atoms with van der Waals surface area (Å²) in [5.41, 5.74) is 6.97. The van der Waals surface area contributed by atoms with E-state index in [1.54, 1.807) is 24.3 Å². The normalized spacial score (nSPS) is 9.77. The Balaban J connectivity index is 2.75. The smallest absolute Gasteiger partial charge is 0.124 e. The fourth-order valence-electron chi connectivity index (χ4n) is 1.21. The van der Waals surface area contributed by atoms with Gasteiger partial charge in [-0.15, -0.1) is 0 Å². The molecule has 0 saturated carbocycles. The quantitative estimate of drug-likeness (QED) is 0.652. The predicted octanol–water partition coefficient (Wildman–Crippen LogP) is 1.69. The molecule has 1 heterocycles. The van der Waals surface area contributed by atoms with Crippen LogP contribution in [0.5, 0.6) is 0 Å². The van der Waals surface area contributed by atoms with E-state index in [9.17, 15) is 0 Å². The van der Waals surface area contributed by atoms with Crippen LogP contribution in [-0.2, 0) is 0 Å². The number of hydrogen-bond donors (Lipinski definition) is 1. The van der Waals surface area contributed by atoms with Crippen molar-refractivity contribution in [3.05, 3.63) is 35.9 Å². The maximum absolute atomic E-state index is 8.66. The Bertz CT molecular complexity index is 497. The predicted molar refractivity (Wildman–Crippen MR) is 50.9 cm³/mol. The van der Waals surface area contributed by atoms with Crippen LogP contribution in [0.4, 0.5) is 5.82 Å². The number of nitrogens with two attached hydrogens (primary N) is 1. The first-order valence-electron chi connectivity index (χ1n) is 3.86. The van der Waals surface area contributed by atoms with Gasteiger partial charge in [-0.3, -0.25) is 0 Å². The van der Waals surface area contributed by atoms with E-state index >= 15 is 0 Å². The molecule has 0 fully saturated rings. The number of nitrogens with zero attached hydrogens (tertiary/aromatic N) is 2. The van der Waals surface area contributed by atoms with E-state index in [2.05, 4.69) is 11.1 Å². The van der Waals surface area contributed by atoms with Crippen LogP contribution in [0.25, 0.3) is 10.9 Å². The molecule has 0 spiro atoms. The maximum atomic E-state index is 8.66. The lowest BCUT2D eigenvalue weighted by Crippen LogP contribution is -1.89. The number of pyridine rings is 1. The summed E-state index contributed by atoms with van der Waals surface area (Å²) < 4.78 is 0. The van der Waals surface area contributed by atoms with Crippen molar-refractivity contribution >= 4 is 16.7 Å². The minimum absolute atomic E-state index is 0.497. The van der Waals surface area contributed by atoms with Crippen LogP contribution in [0.15, 0.2) is 30.3 Å². The third-order valence-corrected chi connectivity index (χ3v) is 1.84. The van der Waals surface area contributed by atoms with Crippen LogP contribution >= 0.6 is 0 Å². The molecule has 0 unspecified atom stereocenters. The Morgan fingerprint density at radius 2 is 2.08 bits per heavy atom. The van der Waals surface area contributed by atoms with Crippen molar-refractivity contribution in [2.75, 3.05) is 5.73 Å². The van der Waals surface area contributed by atoms with E-state index in [0.29, 0.717) is 11.4 Å². The second-order valence-corrected chi connectivity index (χ2v) is 2.76. The lowest BCUT2D eigenvalue weighted by Gasteiger charge is -1.97. The summed E-state index contributed by atoms with van der Waals surface area (Å²) in [7, 11) is 0. The zero-order valence-corrected chi connectivity index (χ0v) is 6.86. The molecule has 0 saturated heterocycles. The summed E-state index contributed by atoms with van der Waals surface area (Å²) in [4.78, 5) is 4.12. The Labute approximate surface area is 75.4 Å². The first-order chi connectivity index (χ1) is 6.29. The van der Waals surface area contributed by atoms with Crippen LogP contribution in [0.3, 0.4) is 0 Å². The summed E-state index contributed by atoms with van der Waals surface area (Å²) in [6, 6.07) is 11.0. The van der Waals surface area contributed by atoms with Gasteiger partial charge in [0.15, 0.2) is 0 Å². The van der Waals surface area contributed by atoms with E-state index in [1.807, 2.05) is 6.07 Å². The molecule has 3 nitrogen and oxygen atoms in total. The van der Waals surface area contributed by atoms with Crippen LogP contribution < -0.4 is 5.73 Å². The lowest BCUT2D eigenvalue weighted by molar-refractivity contribution is 1.41. The first-order valence-corrected chi connectivity index (χ1v) is 3.86. The Hall–Kier alpha value is -2.08. The highest BCUT2D eigenvalue weighted by Crippen LogP contribution is 2.14. The van der Waals surface area contributed by atoms with Crippen LogP contribution in [0.2, 0.25) is 0 Å². The molecule has 13 heavy (non-hydrogen) atoms. The van der Waals surface area contributed by atoms with Gasteiger partial charge in [0, 0.05) is 5.39 Å². The third-order valence-electron chi connectivity index (χ3n) is 1.84. The number of fused-ring (bicyclic) bond motifs is 1. The zero-order chi connectivity index (χ0) is 9.26. The SMILES string of the molecule is N#Cc1ccc2nc(N)ccc2c1. The summed E-state index contributed by atoms with van der Waals surface area (Å²) in [5, 5.41) is 9.59. The number of benzene rings is 1. The van der Waals surface area contributed by atoms with Gasteiger partial charge in [0.25, 0.3) is 0 Å². The molecular formula is C10H7N3. The minimum atomic E-state index is 0.497. The Morgan fingerprint density at radius 1 is 1.23 bits per heavy atom. The number of aromatic nitrogens is 1. The van der Waals surface area contributed by atoms with E-state index < -0.39 is 0 Å². The molecule has 0 radical (unpaired) electrons. The number of hydrogen-bond acceptors (Lipinski definition) is 3. The summed E-state index contributed by atoms with van der Waals surface area (Å²) >= 11 is 0. The molecule has 1 aromatic carbocycles. The Morgan fingerprint density at radius 3 is 2.85 bits per heavy atom. The first kappa shape index (κ1) is 7.56. The van der Waals surface area contributed by atoms with Crippen LogP contribution in [0, 0.1) is 11.3 Å². The van der Waals surface area contributed by atoms with Gasteiger partial charge in [-0.1, -0.05) is 0 Å². The summed E-state index contributed by atoms with van der Waals surface area (Å²) in [5.74, 6) is 0.497. The highest BCUT2D eigenvalue weighted by molar-refractivity contribution is 5.81. The molecule has 0 amide bonds. The average molecular weight is 169 g/mol. The highest BCUT2D eigenvalue weighted by atomic mass is 14.8. The lowest BCUT2D eigenvalue weighted by atomic mass is 10.1. The van der Waals surface area contributed by atoms with Crippen molar-refractivity contribution in [1.29, 1.82) is 5.26 Å². The standard InChI is InChI=1S/C10H7N3/c11-6-7-1-3-9-8(5-7)2-4-10(12)13-9/h1-5H,(H2,12,13). The van der Waals surface area contributed by atoms with Gasteiger partial charge in [0.05, 0.1) is 17.1 Å². The molecule has 0 bridgehead atoms. The molecule has 62 valence electrons. The van der Waals surface area contributed by atoms with Gasteiger partial charge in [-0.2, -0.15) is 5.26 Å². The number of rotatable bonds is 0. The van der Waals surface area contributed by atoms with Gasteiger partial charge < -0.3 is 5.73 Å². The number of nitrogen functional groups attached to an aromatic ring is 1. The monoisotopic (exact) mass is 169 g/mol. The van der Waals surface area contributed by atoms with E-state index in [-0.39, 0.29) is 0 Å². The second-order valence-electron chi connectivity index (χ2n) is 2.76. The van der Waals surface area contributed by atoms with Crippen LogP contribution in [0.1, 0.15) is 5.56 Å². The number of nitriles is 1. The highest BCUT2D eigenvalue weighted by Gasteiger charge is 1.96. The van der Waals surface area contributed by atoms with Crippen molar-refractivity contribution in [2.45, 2.75) is 0 Å². The zero-order valence-electron chi connectivity index (χ0n) is 6.86. The fraction of sp³-hybridized carbons (Fsp3) is 0. The van der Waals surface area contributed by atoms with Gasteiger partial charge in [-0.05, 0) is 30.3 Å². The minimum Gasteiger partial charge on any atom is -0.384 e.